The highest BCUT2D eigenvalue weighted by molar-refractivity contribution is 7.90. The average Bonchev–Trinajstić information content (AvgIpc) is 3.56. The predicted octanol–water partition coefficient (Wildman–Crippen LogP) is 5.75. The van der Waals surface area contributed by atoms with Gasteiger partial charge in [-0.25, -0.2) is 17.8 Å². The molecule has 0 saturated carbocycles. The average molecular weight is 602 g/mol. The number of benzene rings is 3. The van der Waals surface area contributed by atoms with E-state index < -0.39 is 40.2 Å². The zero-order chi connectivity index (χ0) is 30.0. The summed E-state index contributed by atoms with van der Waals surface area (Å²) in [5.74, 6) is 0.0386. The van der Waals surface area contributed by atoms with E-state index in [1.54, 1.807) is 36.4 Å². The Morgan fingerprint density at radius 3 is 2.55 bits per heavy atom. The van der Waals surface area contributed by atoms with E-state index in [-0.39, 0.29) is 22.4 Å². The van der Waals surface area contributed by atoms with Crippen molar-refractivity contribution in [3.63, 3.8) is 0 Å². The van der Waals surface area contributed by atoms with Crippen LogP contribution in [0.4, 0.5) is 13.2 Å². The Kier molecular flexibility index (Phi) is 7.08. The fourth-order valence-electron chi connectivity index (χ4n) is 5.47. The van der Waals surface area contributed by atoms with Crippen LogP contribution in [0.1, 0.15) is 38.2 Å². The molecule has 222 valence electrons. The number of alkyl halides is 2. The minimum absolute atomic E-state index is 0.0227. The number of para-hydroxylation sites is 1. The van der Waals surface area contributed by atoms with Crippen LogP contribution in [0.25, 0.3) is 22.2 Å². The summed E-state index contributed by atoms with van der Waals surface area (Å²) in [5, 5.41) is 0. The van der Waals surface area contributed by atoms with Gasteiger partial charge in [-0.15, -0.1) is 0 Å². The normalized spacial score (nSPS) is 21.1. The van der Waals surface area contributed by atoms with Gasteiger partial charge in [-0.05, 0) is 50.6 Å². The quantitative estimate of drug-likeness (QED) is 0.250. The fraction of sp³-hybridized carbons (Fsp3) is 0.367. The van der Waals surface area contributed by atoms with Gasteiger partial charge in [-0.2, -0.15) is 8.78 Å². The van der Waals surface area contributed by atoms with Crippen LogP contribution in [-0.2, 0) is 25.9 Å². The SMILES string of the molecule is CC(C)(C)OC1OC1N1Cc2nc3cc(F)c(-c4cccc(S(C)(=O)=O)c4)cc3n2[C@@H](c2ccccc2OC(F)F)C1. The third-order valence-corrected chi connectivity index (χ3v) is 8.35. The standard InChI is InChI=1S/C30H30F3N3O5S/c1-30(2,3)41-28-27(40-28)35-15-24(19-10-5-6-11-25(19)39-29(32)33)36-23-13-20(21(31)14-22(23)34-26(36)16-35)17-8-7-9-18(12-17)42(4,37)38/h5-14,24,27-29H,15-16H2,1-4H3/t24-,27?,28?/m1/s1. The minimum Gasteiger partial charge on any atom is -0.434 e. The molecular weight excluding hydrogens is 571 g/mol. The molecule has 0 amide bonds. The van der Waals surface area contributed by atoms with Gasteiger partial charge >= 0.3 is 6.61 Å². The zero-order valence-corrected chi connectivity index (χ0v) is 24.2. The van der Waals surface area contributed by atoms with Gasteiger partial charge in [0.25, 0.3) is 0 Å². The maximum absolute atomic E-state index is 15.5. The second-order valence-electron chi connectivity index (χ2n) is 11.5. The van der Waals surface area contributed by atoms with Crippen LogP contribution in [0.15, 0.2) is 65.6 Å². The van der Waals surface area contributed by atoms with Crippen molar-refractivity contribution in [2.45, 2.75) is 63.0 Å². The summed E-state index contributed by atoms with van der Waals surface area (Å²) in [6.07, 6.45) is 0.268. The van der Waals surface area contributed by atoms with Crippen molar-refractivity contribution >= 4 is 20.9 Å². The molecule has 0 aliphatic carbocycles. The summed E-state index contributed by atoms with van der Waals surface area (Å²) in [7, 11) is -3.52. The van der Waals surface area contributed by atoms with Crippen molar-refractivity contribution in [2.75, 3.05) is 12.8 Å². The summed E-state index contributed by atoms with van der Waals surface area (Å²) in [4.78, 5) is 6.82. The highest BCUT2D eigenvalue weighted by atomic mass is 32.2. The number of rotatable bonds is 7. The molecule has 0 N–H and O–H groups in total. The number of sulfone groups is 1. The topological polar surface area (TPSA) is 86.2 Å². The summed E-state index contributed by atoms with van der Waals surface area (Å²) < 4.78 is 85.3. The molecule has 1 aromatic heterocycles. The van der Waals surface area contributed by atoms with Crippen LogP contribution in [0.2, 0.25) is 0 Å². The third-order valence-electron chi connectivity index (χ3n) is 7.24. The number of fused-ring (bicyclic) bond motifs is 3. The molecule has 3 heterocycles. The molecule has 6 rings (SSSR count). The Hall–Kier alpha value is -3.45. The molecule has 8 nitrogen and oxygen atoms in total. The maximum atomic E-state index is 15.5. The molecule has 1 saturated heterocycles. The number of hydrogen-bond acceptors (Lipinski definition) is 7. The number of nitrogens with zero attached hydrogens (tertiary/aromatic N) is 3. The van der Waals surface area contributed by atoms with Crippen LogP contribution in [0, 0.1) is 5.82 Å². The van der Waals surface area contributed by atoms with Gasteiger partial charge in [0.05, 0.1) is 34.1 Å². The van der Waals surface area contributed by atoms with Gasteiger partial charge in [0.1, 0.15) is 17.4 Å². The molecule has 3 aromatic carbocycles. The minimum atomic E-state index is -3.52. The van der Waals surface area contributed by atoms with E-state index >= 15 is 4.39 Å². The first-order chi connectivity index (χ1) is 19.8. The first-order valence-electron chi connectivity index (χ1n) is 13.4. The lowest BCUT2D eigenvalue weighted by Gasteiger charge is -2.34. The van der Waals surface area contributed by atoms with Gasteiger partial charge in [0.15, 0.2) is 22.4 Å². The fourth-order valence-corrected chi connectivity index (χ4v) is 6.13. The van der Waals surface area contributed by atoms with Crippen LogP contribution in [0.3, 0.4) is 0 Å². The molecule has 0 spiro atoms. The highest BCUT2D eigenvalue weighted by Gasteiger charge is 2.49. The number of aromatic nitrogens is 2. The molecule has 42 heavy (non-hydrogen) atoms. The predicted molar refractivity (Wildman–Crippen MR) is 149 cm³/mol. The lowest BCUT2D eigenvalue weighted by atomic mass is 10.0. The zero-order valence-electron chi connectivity index (χ0n) is 23.4. The van der Waals surface area contributed by atoms with Crippen molar-refractivity contribution in [3.05, 3.63) is 77.9 Å². The van der Waals surface area contributed by atoms with Crippen molar-refractivity contribution < 1.29 is 35.8 Å². The molecular formula is C30H30F3N3O5S. The van der Waals surface area contributed by atoms with Crippen molar-refractivity contribution in [1.29, 1.82) is 0 Å². The summed E-state index contributed by atoms with van der Waals surface area (Å²) in [6.45, 7) is 3.47. The number of halogens is 3. The Morgan fingerprint density at radius 1 is 1.07 bits per heavy atom. The van der Waals surface area contributed by atoms with Crippen LogP contribution < -0.4 is 4.74 Å². The molecule has 1 fully saturated rings. The van der Waals surface area contributed by atoms with E-state index in [0.717, 1.165) is 6.26 Å². The van der Waals surface area contributed by atoms with Crippen LogP contribution in [0.5, 0.6) is 5.75 Å². The summed E-state index contributed by atoms with van der Waals surface area (Å²) in [5.41, 5.74) is 1.60. The lowest BCUT2D eigenvalue weighted by Crippen LogP contribution is -2.41. The van der Waals surface area contributed by atoms with E-state index in [9.17, 15) is 17.2 Å². The Morgan fingerprint density at radius 2 is 1.83 bits per heavy atom. The number of hydrogen-bond donors (Lipinski definition) is 0. The first kappa shape index (κ1) is 28.7. The van der Waals surface area contributed by atoms with Gasteiger partial charge in [-0.1, -0.05) is 30.3 Å². The molecule has 2 aliphatic heterocycles. The van der Waals surface area contributed by atoms with Gasteiger partial charge in [0.2, 0.25) is 0 Å². The van der Waals surface area contributed by atoms with Crippen molar-refractivity contribution in [2.24, 2.45) is 0 Å². The Labute approximate surface area is 241 Å². The van der Waals surface area contributed by atoms with Crippen molar-refractivity contribution in [3.8, 4) is 16.9 Å². The van der Waals surface area contributed by atoms with E-state index in [1.165, 1.54) is 24.3 Å². The number of imidazole rings is 1. The van der Waals surface area contributed by atoms with Gasteiger partial charge in [-0.3, -0.25) is 4.90 Å². The van der Waals surface area contributed by atoms with Crippen LogP contribution in [-0.4, -0.2) is 60.4 Å². The second-order valence-corrected chi connectivity index (χ2v) is 13.5. The second kappa shape index (κ2) is 10.4. The third kappa shape index (κ3) is 5.63. The van der Waals surface area contributed by atoms with E-state index in [0.29, 0.717) is 41.1 Å². The van der Waals surface area contributed by atoms with E-state index in [4.69, 9.17) is 19.2 Å². The van der Waals surface area contributed by atoms with Crippen molar-refractivity contribution in [1.82, 2.24) is 14.5 Å². The smallest absolute Gasteiger partial charge is 0.387 e. The van der Waals surface area contributed by atoms with E-state index in [2.05, 4.69) is 0 Å². The Balaban J connectivity index is 1.48. The Bertz CT molecular complexity index is 1770. The molecule has 3 atom stereocenters. The van der Waals surface area contributed by atoms with Gasteiger partial charge < -0.3 is 18.8 Å². The monoisotopic (exact) mass is 601 g/mol. The highest BCUT2D eigenvalue weighted by Crippen LogP contribution is 2.41. The summed E-state index contributed by atoms with van der Waals surface area (Å²) >= 11 is 0. The van der Waals surface area contributed by atoms with E-state index in [1.807, 2.05) is 30.2 Å². The lowest BCUT2D eigenvalue weighted by molar-refractivity contribution is -0.0579. The molecule has 0 bridgehead atoms. The number of ether oxygens (including phenoxy) is 3. The molecule has 2 aliphatic rings. The molecule has 0 radical (unpaired) electrons. The van der Waals surface area contributed by atoms with Crippen LogP contribution >= 0.6 is 0 Å². The molecule has 4 aromatic rings. The molecule has 12 heteroatoms. The largest absolute Gasteiger partial charge is 0.434 e. The number of epoxide rings is 1. The summed E-state index contributed by atoms with van der Waals surface area (Å²) in [6, 6.07) is 15.0. The molecule has 2 unspecified atom stereocenters. The van der Waals surface area contributed by atoms with Gasteiger partial charge in [0, 0.05) is 30.0 Å². The first-order valence-corrected chi connectivity index (χ1v) is 15.3. The maximum Gasteiger partial charge on any atom is 0.387 e.